The van der Waals surface area contributed by atoms with Crippen molar-refractivity contribution < 1.29 is 9.47 Å². The number of nitrogens with one attached hydrogen (secondary N) is 1. The minimum atomic E-state index is 0.663. The van der Waals surface area contributed by atoms with Crippen molar-refractivity contribution >= 4 is 0 Å². The molecule has 0 bridgehead atoms. The van der Waals surface area contributed by atoms with Gasteiger partial charge >= 0.3 is 0 Å². The lowest BCUT2D eigenvalue weighted by Gasteiger charge is -2.30. The summed E-state index contributed by atoms with van der Waals surface area (Å²) in [4.78, 5) is 0. The highest BCUT2D eigenvalue weighted by Gasteiger charge is 2.20. The number of piperidine rings is 1. The van der Waals surface area contributed by atoms with Crippen LogP contribution in [-0.2, 0) is 6.42 Å². The van der Waals surface area contributed by atoms with Crippen LogP contribution in [0.4, 0.5) is 0 Å². The maximum Gasteiger partial charge on any atom is 0.161 e. The molecule has 1 aromatic carbocycles. The van der Waals surface area contributed by atoms with Gasteiger partial charge in [0.15, 0.2) is 11.5 Å². The molecule has 0 aromatic heterocycles. The first-order chi connectivity index (χ1) is 9.85. The van der Waals surface area contributed by atoms with Gasteiger partial charge in [-0.2, -0.15) is 0 Å². The van der Waals surface area contributed by atoms with Crippen LogP contribution in [-0.4, -0.2) is 25.8 Å². The number of ether oxygens (including phenoxy) is 2. The predicted octanol–water partition coefficient (Wildman–Crippen LogP) is 3.17. The van der Waals surface area contributed by atoms with Crippen LogP contribution in [0.2, 0.25) is 0 Å². The van der Waals surface area contributed by atoms with E-state index in [0.29, 0.717) is 19.3 Å². The predicted molar refractivity (Wildman–Crippen MR) is 80.6 cm³/mol. The summed E-state index contributed by atoms with van der Waals surface area (Å²) in [5.41, 5.74) is 1.36. The van der Waals surface area contributed by atoms with Gasteiger partial charge in [0.1, 0.15) is 13.2 Å². The highest BCUT2D eigenvalue weighted by atomic mass is 16.6. The van der Waals surface area contributed by atoms with Crippen molar-refractivity contribution in [1.29, 1.82) is 0 Å². The van der Waals surface area contributed by atoms with Gasteiger partial charge in [-0.05, 0) is 55.8 Å². The van der Waals surface area contributed by atoms with Crippen LogP contribution in [0.15, 0.2) is 18.2 Å². The van der Waals surface area contributed by atoms with Crippen LogP contribution in [0.5, 0.6) is 11.5 Å². The van der Waals surface area contributed by atoms with Gasteiger partial charge in [0.25, 0.3) is 0 Å². The average molecular weight is 275 g/mol. The van der Waals surface area contributed by atoms with E-state index in [1.807, 2.05) is 6.07 Å². The summed E-state index contributed by atoms with van der Waals surface area (Å²) in [7, 11) is 0. The fraction of sp³-hybridized carbons (Fsp3) is 0.647. The Labute approximate surface area is 121 Å². The molecule has 0 aliphatic carbocycles. The summed E-state index contributed by atoms with van der Waals surface area (Å²) in [5.74, 6) is 2.72. The van der Waals surface area contributed by atoms with Gasteiger partial charge in [0.05, 0.1) is 0 Å². The maximum atomic E-state index is 5.65. The summed E-state index contributed by atoms with van der Waals surface area (Å²) in [6.45, 7) is 4.83. The van der Waals surface area contributed by atoms with E-state index in [1.54, 1.807) is 0 Å². The van der Waals surface area contributed by atoms with Gasteiger partial charge in [-0.15, -0.1) is 0 Å². The second kappa shape index (κ2) is 6.49. The third-order valence-corrected chi connectivity index (χ3v) is 4.57. The van der Waals surface area contributed by atoms with Crippen molar-refractivity contribution in [1.82, 2.24) is 5.32 Å². The lowest BCUT2D eigenvalue weighted by molar-refractivity contribution is 0.171. The Balaban J connectivity index is 1.55. The smallest absolute Gasteiger partial charge is 0.161 e. The van der Waals surface area contributed by atoms with E-state index in [4.69, 9.17) is 9.47 Å². The lowest BCUT2D eigenvalue weighted by atomic mass is 9.88. The van der Waals surface area contributed by atoms with Crippen LogP contribution in [0.3, 0.4) is 0 Å². The van der Waals surface area contributed by atoms with Gasteiger partial charge in [-0.25, -0.2) is 0 Å². The molecule has 0 radical (unpaired) electrons. The number of hydrogen-bond donors (Lipinski definition) is 1. The quantitative estimate of drug-likeness (QED) is 0.915. The molecule has 1 N–H and O–H groups in total. The zero-order valence-electron chi connectivity index (χ0n) is 12.4. The van der Waals surface area contributed by atoms with Crippen LogP contribution >= 0.6 is 0 Å². The fourth-order valence-corrected chi connectivity index (χ4v) is 3.27. The molecule has 2 unspecified atom stereocenters. The summed E-state index contributed by atoms with van der Waals surface area (Å²) >= 11 is 0. The highest BCUT2D eigenvalue weighted by Crippen LogP contribution is 2.31. The molecule has 1 saturated heterocycles. The molecule has 20 heavy (non-hydrogen) atoms. The Hall–Kier alpha value is -1.22. The summed E-state index contributed by atoms with van der Waals surface area (Å²) in [5, 5.41) is 3.66. The number of fused-ring (bicyclic) bond motifs is 1. The molecule has 3 heteroatoms. The number of aryl methyl sites for hydroxylation is 1. The molecule has 3 rings (SSSR count). The number of hydrogen-bond acceptors (Lipinski definition) is 3. The molecule has 110 valence electrons. The maximum absolute atomic E-state index is 5.65. The second-order valence-electron chi connectivity index (χ2n) is 5.97. The van der Waals surface area contributed by atoms with Gasteiger partial charge in [0.2, 0.25) is 0 Å². The zero-order valence-corrected chi connectivity index (χ0v) is 12.4. The molecule has 2 aliphatic heterocycles. The summed E-state index contributed by atoms with van der Waals surface area (Å²) in [6, 6.07) is 7.05. The molecule has 0 saturated carbocycles. The highest BCUT2D eigenvalue weighted by molar-refractivity contribution is 5.43. The Morgan fingerprint density at radius 1 is 1.20 bits per heavy atom. The molecule has 2 atom stereocenters. The van der Waals surface area contributed by atoms with Crippen molar-refractivity contribution in [2.24, 2.45) is 5.92 Å². The van der Waals surface area contributed by atoms with E-state index in [2.05, 4.69) is 24.4 Å². The van der Waals surface area contributed by atoms with E-state index in [1.165, 1.54) is 37.8 Å². The lowest BCUT2D eigenvalue weighted by Crippen LogP contribution is -2.38. The van der Waals surface area contributed by atoms with Gasteiger partial charge in [0, 0.05) is 6.04 Å². The Morgan fingerprint density at radius 3 is 2.90 bits per heavy atom. The zero-order chi connectivity index (χ0) is 13.8. The first-order valence-corrected chi connectivity index (χ1v) is 7.97. The molecule has 2 aliphatic rings. The minimum absolute atomic E-state index is 0.663. The topological polar surface area (TPSA) is 30.5 Å². The van der Waals surface area contributed by atoms with Gasteiger partial charge < -0.3 is 14.8 Å². The van der Waals surface area contributed by atoms with E-state index in [0.717, 1.165) is 23.8 Å². The monoisotopic (exact) mass is 275 g/mol. The fourth-order valence-electron chi connectivity index (χ4n) is 3.27. The van der Waals surface area contributed by atoms with Gasteiger partial charge in [-0.3, -0.25) is 0 Å². The van der Waals surface area contributed by atoms with Crippen LogP contribution in [0.25, 0.3) is 0 Å². The Morgan fingerprint density at radius 2 is 2.05 bits per heavy atom. The van der Waals surface area contributed by atoms with E-state index >= 15 is 0 Å². The van der Waals surface area contributed by atoms with Crippen LogP contribution in [0.1, 0.15) is 38.2 Å². The molecular weight excluding hydrogens is 250 g/mol. The Kier molecular flexibility index (Phi) is 4.46. The summed E-state index contributed by atoms with van der Waals surface area (Å²) < 4.78 is 11.2. The SMILES string of the molecule is CCC1CCNC(CCc2ccc3c(c2)OCCO3)C1. The minimum Gasteiger partial charge on any atom is -0.486 e. The molecule has 1 fully saturated rings. The largest absolute Gasteiger partial charge is 0.486 e. The molecule has 3 nitrogen and oxygen atoms in total. The molecular formula is C17H25NO2. The van der Waals surface area contributed by atoms with Crippen molar-refractivity contribution in [2.45, 2.75) is 45.1 Å². The van der Waals surface area contributed by atoms with Crippen LogP contribution in [0, 0.1) is 5.92 Å². The summed E-state index contributed by atoms with van der Waals surface area (Å²) in [6.07, 6.45) is 6.33. The van der Waals surface area contributed by atoms with Crippen molar-refractivity contribution in [2.75, 3.05) is 19.8 Å². The van der Waals surface area contributed by atoms with Crippen molar-refractivity contribution in [3.63, 3.8) is 0 Å². The number of benzene rings is 1. The van der Waals surface area contributed by atoms with Crippen molar-refractivity contribution in [3.8, 4) is 11.5 Å². The van der Waals surface area contributed by atoms with E-state index in [9.17, 15) is 0 Å². The Bertz CT molecular complexity index is 447. The molecule has 1 aromatic rings. The van der Waals surface area contributed by atoms with Gasteiger partial charge in [-0.1, -0.05) is 19.4 Å². The standard InChI is InChI=1S/C17H25NO2/c1-2-13-7-8-18-15(11-13)5-3-14-4-6-16-17(12-14)20-10-9-19-16/h4,6,12-13,15,18H,2-3,5,7-11H2,1H3. The molecule has 2 heterocycles. The average Bonchev–Trinajstić information content (AvgIpc) is 2.53. The molecule has 0 amide bonds. The second-order valence-corrected chi connectivity index (χ2v) is 5.97. The first-order valence-electron chi connectivity index (χ1n) is 7.97. The third kappa shape index (κ3) is 3.26. The van der Waals surface area contributed by atoms with Crippen molar-refractivity contribution in [3.05, 3.63) is 23.8 Å². The first kappa shape index (κ1) is 13.7. The van der Waals surface area contributed by atoms with Crippen LogP contribution < -0.4 is 14.8 Å². The van der Waals surface area contributed by atoms with E-state index < -0.39 is 0 Å². The third-order valence-electron chi connectivity index (χ3n) is 4.57. The number of rotatable bonds is 4. The normalized spacial score (nSPS) is 25.4. The molecule has 0 spiro atoms. The van der Waals surface area contributed by atoms with E-state index in [-0.39, 0.29) is 0 Å².